The molecular formula is C22H14O2. The van der Waals surface area contributed by atoms with Gasteiger partial charge in [-0.3, -0.25) is 0 Å². The number of benzene rings is 3. The van der Waals surface area contributed by atoms with Gasteiger partial charge in [-0.25, -0.2) is 0 Å². The lowest BCUT2D eigenvalue weighted by molar-refractivity contribution is 0.499. The zero-order chi connectivity index (χ0) is 15.9. The molecule has 0 bridgehead atoms. The molecule has 114 valence electrons. The molecule has 0 fully saturated rings. The maximum absolute atomic E-state index is 5.71. The average molecular weight is 310 g/mol. The van der Waals surface area contributed by atoms with Crippen LogP contribution in [0.2, 0.25) is 0 Å². The summed E-state index contributed by atoms with van der Waals surface area (Å²) in [6.45, 7) is 0. The molecule has 0 amide bonds. The van der Waals surface area contributed by atoms with Crippen LogP contribution in [0, 0.1) is 0 Å². The predicted molar refractivity (Wildman–Crippen MR) is 96.9 cm³/mol. The Kier molecular flexibility index (Phi) is 2.83. The first kappa shape index (κ1) is 13.2. The highest BCUT2D eigenvalue weighted by atomic mass is 16.5. The smallest absolute Gasteiger partial charge is 0.298 e. The Labute approximate surface area is 138 Å². The van der Waals surface area contributed by atoms with Crippen LogP contribution in [0.25, 0.3) is 44.4 Å². The van der Waals surface area contributed by atoms with Crippen molar-refractivity contribution in [3.63, 3.8) is 0 Å². The average Bonchev–Trinajstić information content (AvgIpc) is 3.23. The Morgan fingerprint density at radius 2 is 1.29 bits per heavy atom. The highest BCUT2D eigenvalue weighted by molar-refractivity contribution is 6.04. The third-order valence-corrected chi connectivity index (χ3v) is 4.41. The maximum atomic E-state index is 5.71. The molecule has 0 radical (unpaired) electrons. The van der Waals surface area contributed by atoms with Crippen LogP contribution < -0.4 is 0 Å². The summed E-state index contributed by atoms with van der Waals surface area (Å²) in [5, 5.41) is 2.10. The molecule has 0 spiro atoms. The van der Waals surface area contributed by atoms with Crippen LogP contribution in [0.15, 0.2) is 94.0 Å². The van der Waals surface area contributed by atoms with Gasteiger partial charge >= 0.3 is 0 Å². The van der Waals surface area contributed by atoms with Gasteiger partial charge in [0.15, 0.2) is 0 Å². The molecule has 2 heteroatoms. The van der Waals surface area contributed by atoms with Gasteiger partial charge in [0, 0.05) is 5.39 Å². The largest absolute Gasteiger partial charge is 0.433 e. The number of hydrogen-bond donors (Lipinski definition) is 0. The van der Waals surface area contributed by atoms with Crippen molar-refractivity contribution in [2.45, 2.75) is 0 Å². The van der Waals surface area contributed by atoms with Gasteiger partial charge in [-0.05, 0) is 46.5 Å². The summed E-state index contributed by atoms with van der Waals surface area (Å²) in [6.07, 6.45) is 1.66. The van der Waals surface area contributed by atoms with Crippen molar-refractivity contribution in [2.75, 3.05) is 0 Å². The molecule has 0 N–H and O–H groups in total. The summed E-state index contributed by atoms with van der Waals surface area (Å²) < 4.78 is 11.1. The molecule has 0 saturated heterocycles. The van der Waals surface area contributed by atoms with Crippen molar-refractivity contribution in [1.82, 2.24) is 0 Å². The highest BCUT2D eigenvalue weighted by Crippen LogP contribution is 2.34. The molecule has 5 rings (SSSR count). The van der Waals surface area contributed by atoms with E-state index in [4.69, 9.17) is 8.83 Å². The molecule has 0 aliphatic rings. The maximum Gasteiger partial charge on any atom is 0.298 e. The normalized spacial score (nSPS) is 11.3. The van der Waals surface area contributed by atoms with Crippen molar-refractivity contribution in [1.29, 1.82) is 0 Å². The van der Waals surface area contributed by atoms with Crippen LogP contribution in [0.5, 0.6) is 0 Å². The fraction of sp³-hybridized carbons (Fsp3) is 0. The molecule has 0 atom stereocenters. The molecule has 0 aliphatic carbocycles. The summed E-state index contributed by atoms with van der Waals surface area (Å²) in [5.41, 5.74) is 5.66. The molecule has 0 aliphatic heterocycles. The van der Waals surface area contributed by atoms with E-state index in [0.717, 1.165) is 16.4 Å². The molecule has 5 aromatic rings. The zero-order valence-electron chi connectivity index (χ0n) is 12.9. The van der Waals surface area contributed by atoms with E-state index in [1.807, 2.05) is 18.2 Å². The summed E-state index contributed by atoms with van der Waals surface area (Å²) >= 11 is 0. The second-order valence-corrected chi connectivity index (χ2v) is 5.88. The predicted octanol–water partition coefficient (Wildman–Crippen LogP) is 6.51. The number of hydrogen-bond acceptors (Lipinski definition) is 2. The molecule has 0 unspecified atom stereocenters. The minimum atomic E-state index is 0.584. The SMILES string of the molecule is c1ccc(-c2cccc(-c3ccc4oc5occc5c4c3)c2)cc1. The van der Waals surface area contributed by atoms with Crippen LogP contribution in [-0.4, -0.2) is 0 Å². The molecule has 2 aromatic heterocycles. The van der Waals surface area contributed by atoms with Crippen molar-refractivity contribution >= 4 is 22.1 Å². The summed E-state index contributed by atoms with van der Waals surface area (Å²) in [5.74, 6) is 0.584. The molecule has 24 heavy (non-hydrogen) atoms. The second-order valence-electron chi connectivity index (χ2n) is 5.88. The first-order chi connectivity index (χ1) is 11.9. The van der Waals surface area contributed by atoms with E-state index < -0.39 is 0 Å². The van der Waals surface area contributed by atoms with E-state index in [0.29, 0.717) is 5.78 Å². The van der Waals surface area contributed by atoms with Gasteiger partial charge in [0.05, 0.1) is 11.6 Å². The van der Waals surface area contributed by atoms with Crippen molar-refractivity contribution in [3.05, 3.63) is 85.1 Å². The van der Waals surface area contributed by atoms with Gasteiger partial charge in [-0.15, -0.1) is 0 Å². The molecule has 0 saturated carbocycles. The molecular weight excluding hydrogens is 296 g/mol. The standard InChI is InChI=1S/C22H14O2/c1-2-5-15(6-3-1)16-7-4-8-17(13-16)18-9-10-21-20(14-18)19-11-12-23-22(19)24-21/h1-14H. The van der Waals surface area contributed by atoms with Gasteiger partial charge in [0.1, 0.15) is 5.58 Å². The summed E-state index contributed by atoms with van der Waals surface area (Å²) in [7, 11) is 0. The third kappa shape index (κ3) is 2.04. The minimum Gasteiger partial charge on any atom is -0.433 e. The minimum absolute atomic E-state index is 0.584. The van der Waals surface area contributed by atoms with Crippen molar-refractivity contribution in [3.8, 4) is 22.3 Å². The lowest BCUT2D eigenvalue weighted by atomic mass is 9.98. The molecule has 2 heterocycles. The van der Waals surface area contributed by atoms with E-state index in [1.54, 1.807) is 6.26 Å². The second kappa shape index (κ2) is 5.14. The Hall–Kier alpha value is -3.26. The van der Waals surface area contributed by atoms with Crippen LogP contribution in [0.3, 0.4) is 0 Å². The van der Waals surface area contributed by atoms with Crippen molar-refractivity contribution < 1.29 is 8.83 Å². The first-order valence-corrected chi connectivity index (χ1v) is 7.94. The van der Waals surface area contributed by atoms with Gasteiger partial charge in [-0.1, -0.05) is 54.6 Å². The molecule has 2 nitrogen and oxygen atoms in total. The Morgan fingerprint density at radius 3 is 2.17 bits per heavy atom. The first-order valence-electron chi connectivity index (χ1n) is 7.94. The van der Waals surface area contributed by atoms with Crippen LogP contribution in [0.4, 0.5) is 0 Å². The third-order valence-electron chi connectivity index (χ3n) is 4.41. The van der Waals surface area contributed by atoms with E-state index in [-0.39, 0.29) is 0 Å². The Morgan fingerprint density at radius 1 is 0.542 bits per heavy atom. The van der Waals surface area contributed by atoms with Crippen LogP contribution in [-0.2, 0) is 0 Å². The zero-order valence-corrected chi connectivity index (χ0v) is 12.9. The Bertz CT molecular complexity index is 1150. The van der Waals surface area contributed by atoms with E-state index >= 15 is 0 Å². The quantitative estimate of drug-likeness (QED) is 0.371. The highest BCUT2D eigenvalue weighted by Gasteiger charge is 2.10. The van der Waals surface area contributed by atoms with E-state index in [2.05, 4.69) is 60.7 Å². The summed E-state index contributed by atoms with van der Waals surface area (Å²) in [4.78, 5) is 0. The van der Waals surface area contributed by atoms with E-state index in [9.17, 15) is 0 Å². The summed E-state index contributed by atoms with van der Waals surface area (Å²) in [6, 6.07) is 27.3. The number of rotatable bonds is 2. The van der Waals surface area contributed by atoms with Gasteiger partial charge in [0.25, 0.3) is 5.78 Å². The van der Waals surface area contributed by atoms with Crippen LogP contribution >= 0.6 is 0 Å². The fourth-order valence-corrected chi connectivity index (χ4v) is 3.19. The van der Waals surface area contributed by atoms with Gasteiger partial charge in [0.2, 0.25) is 0 Å². The topological polar surface area (TPSA) is 26.3 Å². The number of furan rings is 2. The fourth-order valence-electron chi connectivity index (χ4n) is 3.19. The van der Waals surface area contributed by atoms with Gasteiger partial charge in [-0.2, -0.15) is 0 Å². The lowest BCUT2D eigenvalue weighted by Gasteiger charge is -2.06. The monoisotopic (exact) mass is 310 g/mol. The van der Waals surface area contributed by atoms with Crippen LogP contribution in [0.1, 0.15) is 0 Å². The van der Waals surface area contributed by atoms with Crippen molar-refractivity contribution in [2.24, 2.45) is 0 Å². The molecule has 3 aromatic carbocycles. The Balaban J connectivity index is 1.66. The lowest BCUT2D eigenvalue weighted by Crippen LogP contribution is -1.81. The van der Waals surface area contributed by atoms with E-state index in [1.165, 1.54) is 22.3 Å². The van der Waals surface area contributed by atoms with Gasteiger partial charge < -0.3 is 8.83 Å². The number of fused-ring (bicyclic) bond motifs is 3.